The standard InChI is InChI=1S/C38H50O8/c1-20(2)23-9-10-25-33(44-22(4)39)31(45-34(25)41)14-21(3)13-29(40)26-18-38(46-30(15-23)32(26)35(42)43-8)12-11-27-28(38)19-36(5,6)16-24-17-37(24,27)7/h10,13,23-24,26-28,31,33H,1,9,11-12,14-19H2,2-8H3. The number of allylic oxidation sites excluding steroid dienone is 4. The van der Waals surface area contributed by atoms with Crippen LogP contribution in [0.15, 0.2) is 46.8 Å². The average Bonchev–Trinajstić information content (AvgIpc) is 3.37. The number of methoxy groups -OCH3 is 1. The second-order valence-corrected chi connectivity index (χ2v) is 16.2. The summed E-state index contributed by atoms with van der Waals surface area (Å²) in [6.07, 6.45) is 8.48. The molecule has 3 saturated carbocycles. The molecule has 9 atom stereocenters. The molecular formula is C38H50O8. The average molecular weight is 635 g/mol. The number of fused-ring (bicyclic) bond motifs is 7. The van der Waals surface area contributed by atoms with Crippen molar-refractivity contribution in [3.05, 3.63) is 46.8 Å². The van der Waals surface area contributed by atoms with Gasteiger partial charge in [0.25, 0.3) is 0 Å². The molecule has 0 aromatic rings. The molecule has 6 rings (SSSR count). The van der Waals surface area contributed by atoms with Gasteiger partial charge in [0, 0.05) is 32.1 Å². The van der Waals surface area contributed by atoms with E-state index in [9.17, 15) is 19.2 Å². The Labute approximate surface area is 273 Å². The Morgan fingerprint density at radius 2 is 1.76 bits per heavy atom. The molecule has 1 saturated heterocycles. The van der Waals surface area contributed by atoms with Crippen LogP contribution in [0.4, 0.5) is 0 Å². The predicted molar refractivity (Wildman–Crippen MR) is 171 cm³/mol. The molecule has 2 aliphatic heterocycles. The van der Waals surface area contributed by atoms with Crippen LogP contribution in [-0.4, -0.2) is 48.6 Å². The lowest BCUT2D eigenvalue weighted by atomic mass is 9.67. The highest BCUT2D eigenvalue weighted by Crippen LogP contribution is 2.72. The highest BCUT2D eigenvalue weighted by Gasteiger charge is 2.67. The van der Waals surface area contributed by atoms with Crippen molar-refractivity contribution in [2.75, 3.05) is 7.11 Å². The molecule has 250 valence electrons. The summed E-state index contributed by atoms with van der Waals surface area (Å²) in [5.41, 5.74) is 2.00. The molecule has 4 fully saturated rings. The van der Waals surface area contributed by atoms with Crippen LogP contribution < -0.4 is 0 Å². The van der Waals surface area contributed by atoms with Gasteiger partial charge in [0.1, 0.15) is 17.5 Å². The first-order chi connectivity index (χ1) is 21.6. The van der Waals surface area contributed by atoms with E-state index in [-0.39, 0.29) is 35.0 Å². The summed E-state index contributed by atoms with van der Waals surface area (Å²) in [5, 5.41) is 0. The number of carbonyl (C=O) groups is 4. The molecule has 0 radical (unpaired) electrons. The summed E-state index contributed by atoms with van der Waals surface area (Å²) >= 11 is 0. The van der Waals surface area contributed by atoms with Crippen LogP contribution >= 0.6 is 0 Å². The van der Waals surface area contributed by atoms with Crippen molar-refractivity contribution < 1.29 is 38.1 Å². The molecule has 0 aromatic carbocycles. The summed E-state index contributed by atoms with van der Waals surface area (Å²) in [6.45, 7) is 16.5. The zero-order chi connectivity index (χ0) is 33.3. The first kappa shape index (κ1) is 32.8. The van der Waals surface area contributed by atoms with Crippen molar-refractivity contribution in [3.8, 4) is 0 Å². The third-order valence-corrected chi connectivity index (χ3v) is 12.3. The molecule has 4 aliphatic carbocycles. The van der Waals surface area contributed by atoms with E-state index in [4.69, 9.17) is 18.9 Å². The summed E-state index contributed by atoms with van der Waals surface area (Å²) in [6, 6.07) is 0. The Balaban J connectivity index is 1.47. The second-order valence-electron chi connectivity index (χ2n) is 16.2. The maximum atomic E-state index is 14.4. The minimum absolute atomic E-state index is 0.152. The largest absolute Gasteiger partial charge is 0.491 e. The maximum Gasteiger partial charge on any atom is 0.338 e. The molecular weight excluding hydrogens is 584 g/mol. The first-order valence-corrected chi connectivity index (χ1v) is 17.0. The summed E-state index contributed by atoms with van der Waals surface area (Å²) in [7, 11) is 1.35. The molecule has 0 N–H and O–H groups in total. The van der Waals surface area contributed by atoms with Gasteiger partial charge in [-0.15, -0.1) is 0 Å². The zero-order valence-electron chi connectivity index (χ0n) is 28.5. The predicted octanol–water partition coefficient (Wildman–Crippen LogP) is 6.74. The van der Waals surface area contributed by atoms with Crippen LogP contribution in [-0.2, 0) is 38.1 Å². The van der Waals surface area contributed by atoms with Crippen LogP contribution in [0.25, 0.3) is 0 Å². The third kappa shape index (κ3) is 5.68. The fourth-order valence-electron chi connectivity index (χ4n) is 9.89. The molecule has 8 heteroatoms. The first-order valence-electron chi connectivity index (χ1n) is 17.0. The van der Waals surface area contributed by atoms with Crippen molar-refractivity contribution in [1.82, 2.24) is 0 Å². The molecule has 0 amide bonds. The van der Waals surface area contributed by atoms with Gasteiger partial charge >= 0.3 is 17.9 Å². The molecule has 46 heavy (non-hydrogen) atoms. The normalized spacial score (nSPS) is 39.8. The van der Waals surface area contributed by atoms with Gasteiger partial charge in [0.2, 0.25) is 0 Å². The maximum absolute atomic E-state index is 14.4. The number of rotatable bonds is 3. The number of carbonyl (C=O) groups excluding carboxylic acids is 4. The molecule has 8 nitrogen and oxygen atoms in total. The Bertz CT molecular complexity index is 1460. The van der Waals surface area contributed by atoms with Gasteiger partial charge in [-0.3, -0.25) is 9.59 Å². The number of ketones is 1. The second kappa shape index (κ2) is 11.5. The van der Waals surface area contributed by atoms with Crippen LogP contribution in [0.3, 0.4) is 0 Å². The quantitative estimate of drug-likeness (QED) is 0.191. The van der Waals surface area contributed by atoms with Crippen molar-refractivity contribution >= 4 is 23.7 Å². The van der Waals surface area contributed by atoms with Crippen LogP contribution in [0.2, 0.25) is 0 Å². The number of esters is 3. The third-order valence-electron chi connectivity index (χ3n) is 12.3. The van der Waals surface area contributed by atoms with Crippen LogP contribution in [0, 0.1) is 40.4 Å². The van der Waals surface area contributed by atoms with E-state index in [2.05, 4.69) is 27.4 Å². The minimum atomic E-state index is -0.873. The monoisotopic (exact) mass is 634 g/mol. The summed E-state index contributed by atoms with van der Waals surface area (Å²) < 4.78 is 23.9. The Morgan fingerprint density at radius 1 is 1.02 bits per heavy atom. The van der Waals surface area contributed by atoms with E-state index in [1.807, 2.05) is 13.8 Å². The van der Waals surface area contributed by atoms with E-state index in [1.54, 1.807) is 12.2 Å². The lowest BCUT2D eigenvalue weighted by Gasteiger charge is -2.47. The summed E-state index contributed by atoms with van der Waals surface area (Å²) in [4.78, 5) is 53.1. The smallest absolute Gasteiger partial charge is 0.338 e. The van der Waals surface area contributed by atoms with Crippen molar-refractivity contribution in [1.29, 1.82) is 0 Å². The fourth-order valence-corrected chi connectivity index (χ4v) is 9.89. The van der Waals surface area contributed by atoms with E-state index in [1.165, 1.54) is 26.9 Å². The topological polar surface area (TPSA) is 105 Å². The van der Waals surface area contributed by atoms with Gasteiger partial charge in [-0.05, 0) is 87.0 Å². The van der Waals surface area contributed by atoms with Gasteiger partial charge in [0.05, 0.1) is 24.2 Å². The van der Waals surface area contributed by atoms with Gasteiger partial charge in [-0.25, -0.2) is 9.59 Å². The molecule has 4 bridgehead atoms. The minimum Gasteiger partial charge on any atom is -0.491 e. The Hall–Kier alpha value is -3.16. The van der Waals surface area contributed by atoms with Crippen molar-refractivity contribution in [3.63, 3.8) is 0 Å². The van der Waals surface area contributed by atoms with Crippen molar-refractivity contribution in [2.24, 2.45) is 40.4 Å². The Kier molecular flexibility index (Phi) is 8.20. The van der Waals surface area contributed by atoms with Gasteiger partial charge < -0.3 is 18.9 Å². The van der Waals surface area contributed by atoms with Gasteiger partial charge in [-0.2, -0.15) is 0 Å². The molecule has 6 aliphatic rings. The lowest BCUT2D eigenvalue weighted by molar-refractivity contribution is -0.150. The molecule has 0 aromatic heterocycles. The van der Waals surface area contributed by atoms with Gasteiger partial charge in [0.15, 0.2) is 11.9 Å². The number of hydrogen-bond acceptors (Lipinski definition) is 8. The van der Waals surface area contributed by atoms with Crippen LogP contribution in [0.5, 0.6) is 0 Å². The van der Waals surface area contributed by atoms with Gasteiger partial charge in [-0.1, -0.05) is 44.6 Å². The van der Waals surface area contributed by atoms with E-state index in [0.29, 0.717) is 47.5 Å². The van der Waals surface area contributed by atoms with Crippen LogP contribution in [0.1, 0.15) is 99.3 Å². The fraction of sp³-hybridized carbons (Fsp3) is 0.684. The van der Waals surface area contributed by atoms with Crippen molar-refractivity contribution in [2.45, 2.75) is 117 Å². The van der Waals surface area contributed by atoms with E-state index < -0.39 is 41.6 Å². The lowest BCUT2D eigenvalue weighted by Crippen LogP contribution is -2.48. The van der Waals surface area contributed by atoms with E-state index in [0.717, 1.165) is 30.8 Å². The zero-order valence-corrected chi connectivity index (χ0v) is 28.5. The highest BCUT2D eigenvalue weighted by molar-refractivity contribution is 6.03. The SMILES string of the molecule is C=C(C)C1CC=C2C(=O)OC(CC(C)=CC(=O)C3CC4(CCC5C4CC(C)(C)CC4CC45C)OC(=C3C(=O)OC)C1)C2OC(C)=O. The molecule has 2 heterocycles. The van der Waals surface area contributed by atoms with E-state index >= 15 is 0 Å². The highest BCUT2D eigenvalue weighted by atomic mass is 16.6. The molecule has 9 unspecified atom stereocenters. The number of ether oxygens (including phenoxy) is 4. The Morgan fingerprint density at radius 3 is 2.43 bits per heavy atom. The summed E-state index contributed by atoms with van der Waals surface area (Å²) in [5.74, 6) is -0.704. The number of hydrogen-bond donors (Lipinski definition) is 0. The molecule has 1 spiro atoms.